The molecule has 0 unspecified atom stereocenters. The van der Waals surface area contributed by atoms with E-state index in [9.17, 15) is 9.59 Å². The molecule has 12 heteroatoms. The van der Waals surface area contributed by atoms with Crippen LogP contribution in [0.3, 0.4) is 0 Å². The molecule has 4 aromatic rings. The number of methoxy groups -OCH3 is 2. The molecule has 8 nitrogen and oxygen atoms in total. The number of allylic oxidation sites excluding steroid dienone is 1. The highest BCUT2D eigenvalue weighted by atomic mass is 79.9. The fourth-order valence-corrected chi connectivity index (χ4v) is 7.53. The molecule has 0 spiro atoms. The molecule has 0 aliphatic carbocycles. The van der Waals surface area contributed by atoms with Crippen molar-refractivity contribution in [3.05, 3.63) is 116 Å². The average Bonchev–Trinajstić information content (AvgIpc) is 3.30. The molecule has 2 heterocycles. The maximum atomic E-state index is 14.0. The standard InChI is InChI=1S/C32H27Br2ClN2O6S/c1-5-42-31(39)27-17(2)36-32-37(28(27)19-10-11-24(40-3)25(15-19)41-4)30(38)26(44-32)14-18-12-21(33)29(22(34)13-18)43-16-20-8-6-7-9-23(20)35/h6-15,28H,5,16H2,1-4H3/b26-14-/t28-/m0/s1. The minimum atomic E-state index is -0.786. The van der Waals surface area contributed by atoms with Crippen molar-refractivity contribution in [2.45, 2.75) is 26.5 Å². The number of esters is 1. The van der Waals surface area contributed by atoms with Crippen molar-refractivity contribution in [2.24, 2.45) is 4.99 Å². The van der Waals surface area contributed by atoms with Crippen molar-refractivity contribution < 1.29 is 23.7 Å². The van der Waals surface area contributed by atoms with Crippen molar-refractivity contribution in [3.8, 4) is 17.2 Å². The Morgan fingerprint density at radius 1 is 1.07 bits per heavy atom. The van der Waals surface area contributed by atoms with E-state index in [4.69, 9.17) is 30.5 Å². The van der Waals surface area contributed by atoms with Gasteiger partial charge in [0.2, 0.25) is 0 Å². The Kier molecular flexibility index (Phi) is 9.99. The predicted molar refractivity (Wildman–Crippen MR) is 178 cm³/mol. The van der Waals surface area contributed by atoms with Crippen LogP contribution in [0.1, 0.15) is 36.6 Å². The van der Waals surface area contributed by atoms with Crippen LogP contribution in [0.15, 0.2) is 84.6 Å². The smallest absolute Gasteiger partial charge is 0.338 e. The Balaban J connectivity index is 1.58. The third kappa shape index (κ3) is 6.37. The van der Waals surface area contributed by atoms with Crippen LogP contribution < -0.4 is 29.1 Å². The average molecular weight is 763 g/mol. The summed E-state index contributed by atoms with van der Waals surface area (Å²) >= 11 is 14.7. The quantitative estimate of drug-likeness (QED) is 0.179. The van der Waals surface area contributed by atoms with Gasteiger partial charge in [0, 0.05) is 10.6 Å². The molecule has 0 saturated carbocycles. The third-order valence-corrected chi connectivity index (χ3v) is 9.42. The molecule has 0 radical (unpaired) electrons. The van der Waals surface area contributed by atoms with Crippen LogP contribution in [0.4, 0.5) is 0 Å². The number of halogens is 3. The Hall–Kier alpha value is -3.38. The van der Waals surface area contributed by atoms with Crippen LogP contribution in [-0.2, 0) is 16.1 Å². The lowest BCUT2D eigenvalue weighted by Gasteiger charge is -2.25. The lowest BCUT2D eigenvalue weighted by Crippen LogP contribution is -2.40. The summed E-state index contributed by atoms with van der Waals surface area (Å²) in [7, 11) is 3.08. The number of rotatable bonds is 9. The highest BCUT2D eigenvalue weighted by Crippen LogP contribution is 2.37. The van der Waals surface area contributed by atoms with E-state index in [0.717, 1.165) is 11.1 Å². The van der Waals surface area contributed by atoms with Gasteiger partial charge in [-0.15, -0.1) is 0 Å². The molecular weight excluding hydrogens is 736 g/mol. The van der Waals surface area contributed by atoms with Gasteiger partial charge in [0.05, 0.1) is 51.6 Å². The maximum absolute atomic E-state index is 14.0. The predicted octanol–water partition coefficient (Wildman–Crippen LogP) is 6.57. The van der Waals surface area contributed by atoms with Crippen LogP contribution in [0.25, 0.3) is 6.08 Å². The summed E-state index contributed by atoms with van der Waals surface area (Å²) in [5.41, 5.74) is 2.72. The number of aromatic nitrogens is 1. The summed E-state index contributed by atoms with van der Waals surface area (Å²) in [5.74, 6) is 1.06. The summed E-state index contributed by atoms with van der Waals surface area (Å²) in [6, 6.07) is 15.7. The van der Waals surface area contributed by atoms with Gasteiger partial charge in [-0.05, 0) is 93.2 Å². The van der Waals surface area contributed by atoms with Crippen molar-refractivity contribution in [1.82, 2.24) is 4.57 Å². The summed E-state index contributed by atoms with van der Waals surface area (Å²) in [5, 5.41) is 0.625. The van der Waals surface area contributed by atoms with Crippen LogP contribution in [0.5, 0.6) is 17.2 Å². The van der Waals surface area contributed by atoms with Gasteiger partial charge < -0.3 is 18.9 Å². The molecule has 1 aliphatic rings. The summed E-state index contributed by atoms with van der Waals surface area (Å²) in [4.78, 5) is 32.4. The summed E-state index contributed by atoms with van der Waals surface area (Å²) in [6.45, 7) is 3.94. The molecule has 0 saturated heterocycles. The van der Waals surface area contributed by atoms with Gasteiger partial charge in [0.1, 0.15) is 12.4 Å². The SMILES string of the molecule is CCOC(=O)C1=C(C)N=c2s/c(=C\c3cc(Br)c(OCc4ccccc4Cl)c(Br)c3)c(=O)n2[C@H]1c1ccc(OC)c(OC)c1. The topological polar surface area (TPSA) is 88.4 Å². The van der Waals surface area contributed by atoms with Crippen molar-refractivity contribution in [2.75, 3.05) is 20.8 Å². The second-order valence-corrected chi connectivity index (χ2v) is 12.7. The first-order valence-corrected chi connectivity index (χ1v) is 16.2. The Bertz CT molecular complexity index is 1950. The third-order valence-electron chi connectivity index (χ3n) is 6.89. The van der Waals surface area contributed by atoms with Gasteiger partial charge in [-0.3, -0.25) is 9.36 Å². The first-order chi connectivity index (χ1) is 21.2. The maximum Gasteiger partial charge on any atom is 0.338 e. The van der Waals surface area contributed by atoms with Gasteiger partial charge >= 0.3 is 5.97 Å². The van der Waals surface area contributed by atoms with Crippen LogP contribution >= 0.6 is 54.8 Å². The van der Waals surface area contributed by atoms with Crippen LogP contribution in [0, 0.1) is 0 Å². The first-order valence-electron chi connectivity index (χ1n) is 13.4. The largest absolute Gasteiger partial charge is 0.493 e. The molecule has 0 bridgehead atoms. The lowest BCUT2D eigenvalue weighted by atomic mass is 9.95. The Morgan fingerprint density at radius 2 is 1.77 bits per heavy atom. The van der Waals surface area contributed by atoms with E-state index in [2.05, 4.69) is 36.9 Å². The monoisotopic (exact) mass is 760 g/mol. The van der Waals surface area contributed by atoms with E-state index in [1.807, 2.05) is 36.4 Å². The van der Waals surface area contributed by atoms with E-state index in [0.29, 0.717) is 51.8 Å². The van der Waals surface area contributed by atoms with E-state index in [-0.39, 0.29) is 24.3 Å². The number of hydrogen-bond acceptors (Lipinski definition) is 8. The van der Waals surface area contributed by atoms with Gasteiger partial charge in [0.25, 0.3) is 5.56 Å². The highest BCUT2D eigenvalue weighted by molar-refractivity contribution is 9.11. The second kappa shape index (κ2) is 13.7. The zero-order valence-electron chi connectivity index (χ0n) is 24.2. The van der Waals surface area contributed by atoms with Gasteiger partial charge in [-0.25, -0.2) is 9.79 Å². The van der Waals surface area contributed by atoms with E-state index >= 15 is 0 Å². The van der Waals surface area contributed by atoms with Crippen molar-refractivity contribution in [1.29, 1.82) is 0 Å². The van der Waals surface area contributed by atoms with E-state index < -0.39 is 12.0 Å². The number of nitrogens with zero attached hydrogens (tertiary/aromatic N) is 2. The number of fused-ring (bicyclic) bond motifs is 1. The summed E-state index contributed by atoms with van der Waals surface area (Å²) < 4.78 is 25.7. The van der Waals surface area contributed by atoms with E-state index in [1.165, 1.54) is 23.0 Å². The first kappa shape index (κ1) is 32.0. The molecule has 1 aromatic heterocycles. The minimum absolute atomic E-state index is 0.181. The molecule has 1 aliphatic heterocycles. The normalized spacial score (nSPS) is 14.6. The molecule has 1 atom stereocenters. The fraction of sp³-hybridized carbons (Fsp3) is 0.219. The van der Waals surface area contributed by atoms with Gasteiger partial charge in [-0.2, -0.15) is 0 Å². The molecule has 0 fully saturated rings. The van der Waals surface area contributed by atoms with E-state index in [1.54, 1.807) is 45.2 Å². The zero-order chi connectivity index (χ0) is 31.5. The molecule has 3 aromatic carbocycles. The Labute approximate surface area is 279 Å². The number of hydrogen-bond donors (Lipinski definition) is 0. The van der Waals surface area contributed by atoms with Crippen LogP contribution in [-0.4, -0.2) is 31.4 Å². The van der Waals surface area contributed by atoms with Gasteiger partial charge in [-0.1, -0.05) is 47.2 Å². The number of carbonyl (C=O) groups excluding carboxylic acids is 1. The summed E-state index contributed by atoms with van der Waals surface area (Å²) in [6.07, 6.45) is 1.78. The number of ether oxygens (including phenoxy) is 4. The molecule has 0 amide bonds. The number of carbonyl (C=O) groups is 1. The minimum Gasteiger partial charge on any atom is -0.493 e. The molecular formula is C32H27Br2ClN2O6S. The lowest BCUT2D eigenvalue weighted by molar-refractivity contribution is -0.139. The Morgan fingerprint density at radius 3 is 2.43 bits per heavy atom. The van der Waals surface area contributed by atoms with Crippen LogP contribution in [0.2, 0.25) is 5.02 Å². The number of benzene rings is 3. The fourth-order valence-electron chi connectivity index (χ4n) is 4.85. The highest BCUT2D eigenvalue weighted by Gasteiger charge is 2.34. The number of thiazole rings is 1. The molecule has 5 rings (SSSR count). The van der Waals surface area contributed by atoms with Gasteiger partial charge in [0.15, 0.2) is 16.3 Å². The molecule has 0 N–H and O–H groups in total. The molecule has 44 heavy (non-hydrogen) atoms. The van der Waals surface area contributed by atoms with Crippen molar-refractivity contribution >= 4 is 66.8 Å². The molecule has 228 valence electrons. The zero-order valence-corrected chi connectivity index (χ0v) is 28.9. The van der Waals surface area contributed by atoms with Crippen molar-refractivity contribution in [3.63, 3.8) is 0 Å². The second-order valence-electron chi connectivity index (χ2n) is 9.61.